The van der Waals surface area contributed by atoms with Crippen LogP contribution in [-0.2, 0) is 25.9 Å². The average Bonchev–Trinajstić information content (AvgIpc) is 2.92. The zero-order valence-electron chi connectivity index (χ0n) is 16.1. The van der Waals surface area contributed by atoms with Crippen LogP contribution in [0.2, 0.25) is 0 Å². The lowest BCUT2D eigenvalue weighted by molar-refractivity contribution is 0.532. The monoisotopic (exact) mass is 382 g/mol. The molecule has 142 valence electrons. The third kappa shape index (κ3) is 4.70. The summed E-state index contributed by atoms with van der Waals surface area (Å²) in [6.07, 6.45) is 3.59. The van der Waals surface area contributed by atoms with Gasteiger partial charge in [0, 0.05) is 44.3 Å². The number of rotatable bonds is 8. The van der Waals surface area contributed by atoms with Crippen LogP contribution in [0.3, 0.4) is 0 Å². The summed E-state index contributed by atoms with van der Waals surface area (Å²) in [5.41, 5.74) is 3.51. The van der Waals surface area contributed by atoms with E-state index in [2.05, 4.69) is 36.3 Å². The van der Waals surface area contributed by atoms with Crippen molar-refractivity contribution < 1.29 is 0 Å². The maximum atomic E-state index is 12.8. The van der Waals surface area contributed by atoms with Crippen LogP contribution in [0.15, 0.2) is 64.7 Å². The van der Waals surface area contributed by atoms with Gasteiger partial charge in [-0.05, 0) is 37.1 Å². The minimum Gasteiger partial charge on any atom is -0.307 e. The molecule has 27 heavy (non-hydrogen) atoms. The van der Waals surface area contributed by atoms with Crippen LogP contribution in [0.25, 0.3) is 0 Å². The van der Waals surface area contributed by atoms with E-state index >= 15 is 0 Å². The minimum atomic E-state index is 0.0428. The molecule has 0 amide bonds. The summed E-state index contributed by atoms with van der Waals surface area (Å²) in [5, 5.41) is 4.51. The predicted molar refractivity (Wildman–Crippen MR) is 111 cm³/mol. The zero-order valence-corrected chi connectivity index (χ0v) is 16.9. The molecule has 0 aliphatic rings. The Morgan fingerprint density at radius 2 is 1.74 bits per heavy atom. The van der Waals surface area contributed by atoms with E-state index in [-0.39, 0.29) is 11.7 Å². The summed E-state index contributed by atoms with van der Waals surface area (Å²) >= 11 is 1.73. The van der Waals surface area contributed by atoms with Crippen molar-refractivity contribution in [3.63, 3.8) is 0 Å². The molecule has 0 atom stereocenters. The van der Waals surface area contributed by atoms with Crippen LogP contribution < -0.4 is 11.0 Å². The van der Waals surface area contributed by atoms with E-state index in [0.29, 0.717) is 6.54 Å². The molecule has 0 radical (unpaired) electrons. The highest BCUT2D eigenvalue weighted by Crippen LogP contribution is 2.28. The summed E-state index contributed by atoms with van der Waals surface area (Å²) in [6, 6.07) is 14.5. The molecule has 2 aromatic heterocycles. The van der Waals surface area contributed by atoms with Crippen LogP contribution in [-0.4, -0.2) is 14.1 Å². The van der Waals surface area contributed by atoms with Crippen LogP contribution in [0.5, 0.6) is 0 Å². The second-order valence-electron chi connectivity index (χ2n) is 6.79. The van der Waals surface area contributed by atoms with Crippen molar-refractivity contribution in [1.82, 2.24) is 19.4 Å². The third-order valence-corrected chi connectivity index (χ3v) is 5.65. The number of hydrogen-bond acceptors (Lipinski definition) is 4. The maximum Gasteiger partial charge on any atom is 0.329 e. The molecule has 0 aliphatic heterocycles. The van der Waals surface area contributed by atoms with Gasteiger partial charge in [-0.1, -0.05) is 30.3 Å². The largest absolute Gasteiger partial charge is 0.329 e. The van der Waals surface area contributed by atoms with Crippen molar-refractivity contribution in [1.29, 1.82) is 0 Å². The fourth-order valence-corrected chi connectivity index (χ4v) is 4.30. The third-order valence-electron chi connectivity index (χ3n) is 4.47. The molecular weight excluding hydrogens is 356 g/mol. The highest BCUT2D eigenvalue weighted by atomic mass is 32.2. The molecular formula is C21H26N4OS. The van der Waals surface area contributed by atoms with Gasteiger partial charge >= 0.3 is 5.69 Å². The molecule has 3 rings (SSSR count). The Hall–Kier alpha value is -2.31. The molecule has 0 aliphatic carbocycles. The summed E-state index contributed by atoms with van der Waals surface area (Å²) in [7, 11) is 1.86. The lowest BCUT2D eigenvalue weighted by Crippen LogP contribution is -2.25. The fraction of sp³-hybridized carbons (Fsp3) is 0.333. The number of hydrogen-bond donors (Lipinski definition) is 1. The number of benzene rings is 1. The summed E-state index contributed by atoms with van der Waals surface area (Å²) < 4.78 is 3.67. The molecule has 0 bridgehead atoms. The molecule has 3 aromatic rings. The Labute approximate surface area is 164 Å². The SMILES string of the molecule is CC(C)n1c(SCc2ccccc2)c(CNCc2ccncc2)n(C)c1=O. The van der Waals surface area contributed by atoms with Gasteiger partial charge in [0.05, 0.1) is 5.69 Å². The Balaban J connectivity index is 1.80. The Bertz CT molecular complexity index is 917. The quantitative estimate of drug-likeness (QED) is 0.603. The van der Waals surface area contributed by atoms with E-state index in [1.54, 1.807) is 28.7 Å². The number of imidazole rings is 1. The molecule has 0 saturated heterocycles. The van der Waals surface area contributed by atoms with Gasteiger partial charge in [0.25, 0.3) is 0 Å². The van der Waals surface area contributed by atoms with E-state index < -0.39 is 0 Å². The van der Waals surface area contributed by atoms with Crippen molar-refractivity contribution in [2.75, 3.05) is 0 Å². The van der Waals surface area contributed by atoms with Crippen molar-refractivity contribution in [3.05, 3.63) is 82.2 Å². The fourth-order valence-electron chi connectivity index (χ4n) is 3.00. The first-order valence-electron chi connectivity index (χ1n) is 9.14. The van der Waals surface area contributed by atoms with E-state index in [4.69, 9.17) is 0 Å². The first-order chi connectivity index (χ1) is 13.1. The van der Waals surface area contributed by atoms with Crippen LogP contribution in [0, 0.1) is 0 Å². The molecule has 0 spiro atoms. The molecule has 6 heteroatoms. The summed E-state index contributed by atoms with van der Waals surface area (Å²) in [4.78, 5) is 16.8. The van der Waals surface area contributed by atoms with Gasteiger partial charge < -0.3 is 5.32 Å². The number of aromatic nitrogens is 3. The van der Waals surface area contributed by atoms with E-state index in [1.807, 2.05) is 41.9 Å². The number of nitrogens with zero attached hydrogens (tertiary/aromatic N) is 3. The molecule has 0 saturated carbocycles. The van der Waals surface area contributed by atoms with Crippen LogP contribution in [0.1, 0.15) is 36.7 Å². The van der Waals surface area contributed by atoms with Gasteiger partial charge in [0.2, 0.25) is 0 Å². The summed E-state index contributed by atoms with van der Waals surface area (Å²) in [5.74, 6) is 0.842. The topological polar surface area (TPSA) is 51.9 Å². The van der Waals surface area contributed by atoms with Gasteiger partial charge in [0.15, 0.2) is 0 Å². The van der Waals surface area contributed by atoms with Gasteiger partial charge in [-0.25, -0.2) is 4.79 Å². The zero-order chi connectivity index (χ0) is 19.2. The summed E-state index contributed by atoms with van der Waals surface area (Å²) in [6.45, 7) is 5.50. The van der Waals surface area contributed by atoms with E-state index in [1.165, 1.54) is 11.1 Å². The normalized spacial score (nSPS) is 11.3. The minimum absolute atomic E-state index is 0.0428. The Morgan fingerprint density at radius 3 is 2.41 bits per heavy atom. The lowest BCUT2D eigenvalue weighted by atomic mass is 10.2. The van der Waals surface area contributed by atoms with Crippen molar-refractivity contribution >= 4 is 11.8 Å². The number of nitrogens with one attached hydrogen (secondary N) is 1. The second kappa shape index (κ2) is 9.06. The van der Waals surface area contributed by atoms with E-state index in [9.17, 15) is 4.79 Å². The molecule has 1 N–H and O–H groups in total. The van der Waals surface area contributed by atoms with Gasteiger partial charge in [-0.15, -0.1) is 11.8 Å². The second-order valence-corrected chi connectivity index (χ2v) is 7.75. The average molecular weight is 383 g/mol. The first kappa shape index (κ1) is 19.5. The van der Waals surface area contributed by atoms with Gasteiger partial charge in [0.1, 0.15) is 5.03 Å². The molecule has 1 aromatic carbocycles. The van der Waals surface area contributed by atoms with Crippen LogP contribution >= 0.6 is 11.8 Å². The van der Waals surface area contributed by atoms with Crippen molar-refractivity contribution in [3.8, 4) is 0 Å². The van der Waals surface area contributed by atoms with E-state index in [0.717, 1.165) is 23.0 Å². The Kier molecular flexibility index (Phi) is 6.53. The van der Waals surface area contributed by atoms with Crippen molar-refractivity contribution in [2.24, 2.45) is 7.05 Å². The molecule has 5 nitrogen and oxygen atoms in total. The van der Waals surface area contributed by atoms with Crippen molar-refractivity contribution in [2.45, 2.75) is 43.8 Å². The van der Waals surface area contributed by atoms with Gasteiger partial charge in [-0.2, -0.15) is 0 Å². The smallest absolute Gasteiger partial charge is 0.307 e. The maximum absolute atomic E-state index is 12.8. The molecule has 2 heterocycles. The first-order valence-corrected chi connectivity index (χ1v) is 10.1. The van der Waals surface area contributed by atoms with Gasteiger partial charge in [-0.3, -0.25) is 14.1 Å². The highest BCUT2D eigenvalue weighted by Gasteiger charge is 2.19. The highest BCUT2D eigenvalue weighted by molar-refractivity contribution is 7.98. The van der Waals surface area contributed by atoms with Crippen LogP contribution in [0.4, 0.5) is 0 Å². The molecule has 0 unspecified atom stereocenters. The number of thioether (sulfide) groups is 1. The molecule has 0 fully saturated rings. The standard InChI is InChI=1S/C21H26N4OS/c1-16(2)25-20(27-15-18-7-5-4-6-8-18)19(24(3)21(25)26)14-23-13-17-9-11-22-12-10-17/h4-12,16,23H,13-15H2,1-3H3. The Morgan fingerprint density at radius 1 is 1.04 bits per heavy atom. The lowest BCUT2D eigenvalue weighted by Gasteiger charge is -2.13. The predicted octanol–water partition coefficient (Wildman–Crippen LogP) is 3.74. The number of pyridine rings is 1.